The predicted molar refractivity (Wildman–Crippen MR) is 99.8 cm³/mol. The number of carbonyl (C=O) groups excluding carboxylic acids is 1. The van der Waals surface area contributed by atoms with Gasteiger partial charge in [-0.05, 0) is 24.2 Å². The Balaban J connectivity index is 2.04. The molecule has 0 atom stereocenters. The number of amides is 1. The number of likely N-dealkylation sites (N-methyl/N-ethyl adjacent to an activating group) is 1. The van der Waals surface area contributed by atoms with E-state index >= 15 is 0 Å². The molecular formula is C21H28N2O. The summed E-state index contributed by atoms with van der Waals surface area (Å²) in [6.07, 6.45) is 0.464. The van der Waals surface area contributed by atoms with Gasteiger partial charge in [0, 0.05) is 19.6 Å². The minimum absolute atomic E-state index is 0.192. The monoisotopic (exact) mass is 324 g/mol. The summed E-state index contributed by atoms with van der Waals surface area (Å²) < 4.78 is 0. The van der Waals surface area contributed by atoms with Crippen LogP contribution >= 0.6 is 0 Å². The minimum Gasteiger partial charge on any atom is -0.337 e. The SMILES string of the molecule is CCN(CC)CCN(Cc1ccccc1)C(=O)Cc1ccccc1. The molecular weight excluding hydrogens is 296 g/mol. The van der Waals surface area contributed by atoms with E-state index in [2.05, 4.69) is 30.9 Å². The molecule has 0 aliphatic heterocycles. The van der Waals surface area contributed by atoms with Crippen molar-refractivity contribution in [2.24, 2.45) is 0 Å². The first-order valence-electron chi connectivity index (χ1n) is 8.81. The van der Waals surface area contributed by atoms with E-state index in [1.54, 1.807) is 0 Å². The predicted octanol–water partition coefficient (Wildman–Crippen LogP) is 3.60. The van der Waals surface area contributed by atoms with Crippen molar-refractivity contribution in [2.45, 2.75) is 26.8 Å². The Morgan fingerprint density at radius 1 is 0.792 bits per heavy atom. The van der Waals surface area contributed by atoms with Gasteiger partial charge in [-0.25, -0.2) is 0 Å². The van der Waals surface area contributed by atoms with Crippen molar-refractivity contribution in [1.82, 2.24) is 9.80 Å². The average Bonchev–Trinajstić information content (AvgIpc) is 2.63. The summed E-state index contributed by atoms with van der Waals surface area (Å²) in [4.78, 5) is 17.2. The summed E-state index contributed by atoms with van der Waals surface area (Å²) in [5.41, 5.74) is 2.25. The smallest absolute Gasteiger partial charge is 0.227 e. The Kier molecular flexibility index (Phi) is 7.50. The third-order valence-corrected chi connectivity index (χ3v) is 4.35. The largest absolute Gasteiger partial charge is 0.337 e. The molecule has 2 aromatic carbocycles. The summed E-state index contributed by atoms with van der Waals surface area (Å²) in [6, 6.07) is 20.2. The van der Waals surface area contributed by atoms with Crippen LogP contribution < -0.4 is 0 Å². The van der Waals surface area contributed by atoms with E-state index < -0.39 is 0 Å². The van der Waals surface area contributed by atoms with Crippen LogP contribution in [-0.2, 0) is 17.8 Å². The molecule has 3 heteroatoms. The van der Waals surface area contributed by atoms with Crippen LogP contribution in [0.2, 0.25) is 0 Å². The van der Waals surface area contributed by atoms with Crippen molar-refractivity contribution in [3.63, 3.8) is 0 Å². The maximum atomic E-state index is 12.8. The first-order valence-corrected chi connectivity index (χ1v) is 8.81. The van der Waals surface area contributed by atoms with Gasteiger partial charge in [0.25, 0.3) is 0 Å². The highest BCUT2D eigenvalue weighted by Crippen LogP contribution is 2.09. The molecule has 0 aliphatic carbocycles. The van der Waals surface area contributed by atoms with Gasteiger partial charge in [-0.15, -0.1) is 0 Å². The van der Waals surface area contributed by atoms with Crippen LogP contribution in [0.4, 0.5) is 0 Å². The molecule has 2 aromatic rings. The summed E-state index contributed by atoms with van der Waals surface area (Å²) >= 11 is 0. The van der Waals surface area contributed by atoms with Gasteiger partial charge in [0.2, 0.25) is 5.91 Å². The van der Waals surface area contributed by atoms with Crippen molar-refractivity contribution in [1.29, 1.82) is 0 Å². The lowest BCUT2D eigenvalue weighted by Gasteiger charge is -2.27. The maximum Gasteiger partial charge on any atom is 0.227 e. The summed E-state index contributed by atoms with van der Waals surface area (Å²) in [5.74, 6) is 0.192. The van der Waals surface area contributed by atoms with E-state index in [0.29, 0.717) is 13.0 Å². The number of nitrogens with zero attached hydrogens (tertiary/aromatic N) is 2. The van der Waals surface area contributed by atoms with Gasteiger partial charge in [0.05, 0.1) is 6.42 Å². The normalized spacial score (nSPS) is 10.8. The van der Waals surface area contributed by atoms with Crippen molar-refractivity contribution < 1.29 is 4.79 Å². The van der Waals surface area contributed by atoms with Crippen molar-refractivity contribution >= 4 is 5.91 Å². The van der Waals surface area contributed by atoms with Crippen LogP contribution in [-0.4, -0.2) is 41.9 Å². The number of carbonyl (C=O) groups is 1. The van der Waals surface area contributed by atoms with Crippen molar-refractivity contribution in [3.8, 4) is 0 Å². The molecule has 0 spiro atoms. The molecule has 0 aromatic heterocycles. The van der Waals surface area contributed by atoms with Crippen LogP contribution in [0.15, 0.2) is 60.7 Å². The van der Waals surface area contributed by atoms with E-state index in [-0.39, 0.29) is 5.91 Å². The first-order chi connectivity index (χ1) is 11.7. The van der Waals surface area contributed by atoms with Gasteiger partial charge in [-0.1, -0.05) is 74.5 Å². The summed E-state index contributed by atoms with van der Waals surface area (Å²) in [6.45, 7) is 8.72. The Morgan fingerprint density at radius 3 is 1.88 bits per heavy atom. The standard InChI is InChI=1S/C21H28N2O/c1-3-22(4-2)15-16-23(18-20-13-9-6-10-14-20)21(24)17-19-11-7-5-8-12-19/h5-14H,3-4,15-18H2,1-2H3. The highest BCUT2D eigenvalue weighted by molar-refractivity contribution is 5.78. The molecule has 128 valence electrons. The molecule has 0 bridgehead atoms. The highest BCUT2D eigenvalue weighted by atomic mass is 16.2. The first kappa shape index (κ1) is 18.2. The van der Waals surface area contributed by atoms with Crippen LogP contribution in [0.25, 0.3) is 0 Å². The quantitative estimate of drug-likeness (QED) is 0.703. The molecule has 1 amide bonds. The van der Waals surface area contributed by atoms with Crippen molar-refractivity contribution in [2.75, 3.05) is 26.2 Å². The maximum absolute atomic E-state index is 12.8. The molecule has 0 radical (unpaired) electrons. The molecule has 0 heterocycles. The fraction of sp³-hybridized carbons (Fsp3) is 0.381. The lowest BCUT2D eigenvalue weighted by molar-refractivity contribution is -0.131. The van der Waals surface area contributed by atoms with Gasteiger partial charge in [0.15, 0.2) is 0 Å². The number of rotatable bonds is 9. The van der Waals surface area contributed by atoms with E-state index in [0.717, 1.165) is 31.7 Å². The second-order valence-corrected chi connectivity index (χ2v) is 5.99. The zero-order chi connectivity index (χ0) is 17.2. The van der Waals surface area contributed by atoms with Gasteiger partial charge >= 0.3 is 0 Å². The Bertz CT molecular complexity index is 594. The summed E-state index contributed by atoms with van der Waals surface area (Å²) in [7, 11) is 0. The lowest BCUT2D eigenvalue weighted by Crippen LogP contribution is -2.39. The van der Waals surface area contributed by atoms with Crippen molar-refractivity contribution in [3.05, 3.63) is 71.8 Å². The number of benzene rings is 2. The zero-order valence-corrected chi connectivity index (χ0v) is 14.8. The highest BCUT2D eigenvalue weighted by Gasteiger charge is 2.15. The molecule has 0 aliphatic rings. The topological polar surface area (TPSA) is 23.6 Å². The van der Waals surface area contributed by atoms with Gasteiger partial charge in [0.1, 0.15) is 0 Å². The number of hydrogen-bond acceptors (Lipinski definition) is 2. The molecule has 0 saturated carbocycles. The van der Waals surface area contributed by atoms with Crippen LogP contribution in [0.5, 0.6) is 0 Å². The van der Waals surface area contributed by atoms with Crippen LogP contribution in [0.1, 0.15) is 25.0 Å². The zero-order valence-electron chi connectivity index (χ0n) is 14.8. The molecule has 0 N–H and O–H groups in total. The molecule has 0 fully saturated rings. The number of hydrogen-bond donors (Lipinski definition) is 0. The molecule has 0 saturated heterocycles. The van der Waals surface area contributed by atoms with Crippen LogP contribution in [0, 0.1) is 0 Å². The second-order valence-electron chi connectivity index (χ2n) is 5.99. The third kappa shape index (κ3) is 5.82. The van der Waals surface area contributed by atoms with Gasteiger partial charge in [-0.3, -0.25) is 4.79 Å². The average molecular weight is 324 g/mol. The Labute approximate surface area is 145 Å². The second kappa shape index (κ2) is 9.89. The lowest BCUT2D eigenvalue weighted by atomic mass is 10.1. The van der Waals surface area contributed by atoms with E-state index in [4.69, 9.17) is 0 Å². The molecule has 3 nitrogen and oxygen atoms in total. The van der Waals surface area contributed by atoms with E-state index in [1.807, 2.05) is 53.4 Å². The van der Waals surface area contributed by atoms with E-state index in [1.165, 1.54) is 5.56 Å². The fourth-order valence-electron chi connectivity index (χ4n) is 2.78. The molecule has 24 heavy (non-hydrogen) atoms. The van der Waals surface area contributed by atoms with E-state index in [9.17, 15) is 4.79 Å². The Hall–Kier alpha value is -2.13. The molecule has 0 unspecified atom stereocenters. The summed E-state index contributed by atoms with van der Waals surface area (Å²) in [5, 5.41) is 0. The van der Waals surface area contributed by atoms with Gasteiger partial charge in [-0.2, -0.15) is 0 Å². The van der Waals surface area contributed by atoms with Crippen LogP contribution in [0.3, 0.4) is 0 Å². The Morgan fingerprint density at radius 2 is 1.33 bits per heavy atom. The van der Waals surface area contributed by atoms with Gasteiger partial charge < -0.3 is 9.80 Å². The third-order valence-electron chi connectivity index (χ3n) is 4.35. The molecule has 2 rings (SSSR count). The fourth-order valence-corrected chi connectivity index (χ4v) is 2.78. The minimum atomic E-state index is 0.192.